The van der Waals surface area contributed by atoms with E-state index in [0.29, 0.717) is 11.5 Å². The Morgan fingerprint density at radius 1 is 1.04 bits per heavy atom. The molecule has 1 atom stereocenters. The van der Waals surface area contributed by atoms with Gasteiger partial charge in [-0.3, -0.25) is 14.9 Å². The van der Waals surface area contributed by atoms with Gasteiger partial charge in [-0.15, -0.1) is 0 Å². The molecule has 0 fully saturated rings. The van der Waals surface area contributed by atoms with E-state index in [1.165, 1.54) is 18.2 Å². The van der Waals surface area contributed by atoms with Crippen molar-refractivity contribution in [1.29, 1.82) is 0 Å². The van der Waals surface area contributed by atoms with Crippen LogP contribution in [0.4, 0.5) is 5.69 Å². The maximum atomic E-state index is 13.2. The third kappa shape index (κ3) is 4.63. The Labute approximate surface area is 167 Å². The lowest BCUT2D eigenvalue weighted by Crippen LogP contribution is -2.51. The molecule has 1 aromatic heterocycles. The average molecular weight is 392 g/mol. The number of thiocarbonyl (C=S) groups is 1. The molecule has 0 saturated carbocycles. The second-order valence-corrected chi connectivity index (χ2v) is 6.54. The molecule has 7 heteroatoms. The molecule has 0 aliphatic carbocycles. The molecule has 1 unspecified atom stereocenters. The Kier molecular flexibility index (Phi) is 6.18. The van der Waals surface area contributed by atoms with Crippen LogP contribution in [0, 0.1) is 10.1 Å². The molecule has 0 radical (unpaired) electrons. The summed E-state index contributed by atoms with van der Waals surface area (Å²) in [5.74, 6) is -0.314. The highest BCUT2D eigenvalue weighted by Gasteiger charge is 2.33. The summed E-state index contributed by atoms with van der Waals surface area (Å²) >= 11 is 5.53. The SMILES string of the molecule is O=C(c1cccc([N+](=O)[O-])c1)C(C(=S)NCc1ccccc1)[n+]1ccccc1. The van der Waals surface area contributed by atoms with Crippen molar-refractivity contribution in [3.8, 4) is 0 Å². The number of hydrogen-bond donors (Lipinski definition) is 1. The summed E-state index contributed by atoms with van der Waals surface area (Å²) in [6, 6.07) is 20.0. The number of carbonyl (C=O) groups is 1. The van der Waals surface area contributed by atoms with Crippen molar-refractivity contribution in [3.63, 3.8) is 0 Å². The maximum Gasteiger partial charge on any atom is 0.270 e. The van der Waals surface area contributed by atoms with Gasteiger partial charge in [0.2, 0.25) is 5.78 Å². The van der Waals surface area contributed by atoms with Gasteiger partial charge in [0.1, 0.15) is 0 Å². The smallest absolute Gasteiger partial charge is 0.270 e. The monoisotopic (exact) mass is 392 g/mol. The second-order valence-electron chi connectivity index (χ2n) is 6.10. The number of nitrogens with zero attached hydrogens (tertiary/aromatic N) is 2. The zero-order chi connectivity index (χ0) is 19.9. The maximum absolute atomic E-state index is 13.2. The molecule has 2 aromatic carbocycles. The quantitative estimate of drug-likeness (QED) is 0.219. The summed E-state index contributed by atoms with van der Waals surface area (Å²) in [6.07, 6.45) is 3.49. The molecule has 0 bridgehead atoms. The summed E-state index contributed by atoms with van der Waals surface area (Å²) < 4.78 is 1.70. The number of non-ortho nitro benzene ring substituents is 1. The highest BCUT2D eigenvalue weighted by atomic mass is 32.1. The highest BCUT2D eigenvalue weighted by molar-refractivity contribution is 7.80. The normalized spacial score (nSPS) is 11.4. The van der Waals surface area contributed by atoms with Crippen LogP contribution in [-0.2, 0) is 6.54 Å². The van der Waals surface area contributed by atoms with Gasteiger partial charge in [0.05, 0.1) is 4.92 Å². The van der Waals surface area contributed by atoms with E-state index >= 15 is 0 Å². The lowest BCUT2D eigenvalue weighted by molar-refractivity contribution is -0.692. The molecular formula is C21H18N3O3S+. The molecule has 0 aliphatic heterocycles. The average Bonchev–Trinajstić information content (AvgIpc) is 2.74. The van der Waals surface area contributed by atoms with Crippen molar-refractivity contribution in [2.75, 3.05) is 0 Å². The topological polar surface area (TPSA) is 76.1 Å². The Morgan fingerprint density at radius 2 is 1.71 bits per heavy atom. The van der Waals surface area contributed by atoms with E-state index < -0.39 is 11.0 Å². The molecule has 0 saturated heterocycles. The van der Waals surface area contributed by atoms with Gasteiger partial charge < -0.3 is 5.32 Å². The molecule has 3 aromatic rings. The van der Waals surface area contributed by atoms with Crippen LogP contribution >= 0.6 is 12.2 Å². The number of hydrogen-bond acceptors (Lipinski definition) is 4. The molecule has 0 amide bonds. The zero-order valence-corrected chi connectivity index (χ0v) is 15.7. The molecule has 1 N–H and O–H groups in total. The molecule has 1 heterocycles. The van der Waals surface area contributed by atoms with Crippen LogP contribution in [0.15, 0.2) is 85.2 Å². The lowest BCUT2D eigenvalue weighted by Gasteiger charge is -2.15. The van der Waals surface area contributed by atoms with Gasteiger partial charge in [0.25, 0.3) is 11.7 Å². The Balaban J connectivity index is 1.89. The van der Waals surface area contributed by atoms with E-state index in [9.17, 15) is 14.9 Å². The fourth-order valence-corrected chi connectivity index (χ4v) is 3.09. The first kappa shape index (κ1) is 19.3. The van der Waals surface area contributed by atoms with E-state index in [4.69, 9.17) is 12.2 Å². The number of carbonyl (C=O) groups excluding carboxylic acids is 1. The van der Waals surface area contributed by atoms with Crippen molar-refractivity contribution >= 4 is 28.7 Å². The third-order valence-electron chi connectivity index (χ3n) is 4.18. The van der Waals surface area contributed by atoms with Gasteiger partial charge in [-0.05, 0) is 5.56 Å². The van der Waals surface area contributed by atoms with Crippen LogP contribution < -0.4 is 9.88 Å². The number of rotatable bonds is 7. The minimum Gasteiger partial charge on any atom is -0.370 e. The lowest BCUT2D eigenvalue weighted by atomic mass is 10.0. The number of nitro groups is 1. The number of nitrogens with one attached hydrogen (secondary N) is 1. The number of Topliss-reactive ketones (excluding diaryl/α,β-unsaturated/α-hetero) is 1. The van der Waals surface area contributed by atoms with Crippen LogP contribution in [0.1, 0.15) is 22.0 Å². The summed E-state index contributed by atoms with van der Waals surface area (Å²) in [5.41, 5.74) is 1.13. The van der Waals surface area contributed by atoms with Crippen molar-refractivity contribution in [1.82, 2.24) is 5.32 Å². The Hall–Kier alpha value is -3.45. The van der Waals surface area contributed by atoms with Crippen LogP contribution in [0.25, 0.3) is 0 Å². The van der Waals surface area contributed by atoms with Gasteiger partial charge in [-0.25, -0.2) is 0 Å². The van der Waals surface area contributed by atoms with E-state index in [2.05, 4.69) is 5.32 Å². The van der Waals surface area contributed by atoms with Gasteiger partial charge in [-0.1, -0.05) is 60.7 Å². The van der Waals surface area contributed by atoms with Crippen molar-refractivity contribution in [2.24, 2.45) is 0 Å². The summed E-state index contributed by atoms with van der Waals surface area (Å²) in [4.78, 5) is 24.1. The molecule has 6 nitrogen and oxygen atoms in total. The molecule has 0 spiro atoms. The van der Waals surface area contributed by atoms with E-state index in [1.54, 1.807) is 35.2 Å². The molecule has 0 aliphatic rings. The first-order valence-electron chi connectivity index (χ1n) is 8.62. The second kappa shape index (κ2) is 8.96. The summed E-state index contributed by atoms with van der Waals surface area (Å²) in [7, 11) is 0. The van der Waals surface area contributed by atoms with Crippen molar-refractivity contribution in [3.05, 3.63) is 106 Å². The van der Waals surface area contributed by atoms with Crippen molar-refractivity contribution in [2.45, 2.75) is 12.6 Å². The largest absolute Gasteiger partial charge is 0.370 e. The van der Waals surface area contributed by atoms with Gasteiger partial charge in [0.15, 0.2) is 17.4 Å². The zero-order valence-electron chi connectivity index (χ0n) is 14.9. The summed E-state index contributed by atoms with van der Waals surface area (Å²) in [6.45, 7) is 0.478. The van der Waals surface area contributed by atoms with Gasteiger partial charge >= 0.3 is 0 Å². The first-order chi connectivity index (χ1) is 13.6. The Bertz CT molecular complexity index is 994. The van der Waals surface area contributed by atoms with E-state index in [1.807, 2.05) is 36.4 Å². The van der Waals surface area contributed by atoms with Crippen molar-refractivity contribution < 1.29 is 14.3 Å². The number of pyridine rings is 1. The van der Waals surface area contributed by atoms with Crippen LogP contribution in [0.2, 0.25) is 0 Å². The van der Waals surface area contributed by atoms with Crippen LogP contribution in [-0.4, -0.2) is 15.7 Å². The van der Waals surface area contributed by atoms with E-state index in [-0.39, 0.29) is 17.0 Å². The predicted octanol–water partition coefficient (Wildman–Crippen LogP) is 3.42. The minimum atomic E-state index is -0.804. The molecule has 28 heavy (non-hydrogen) atoms. The fraction of sp³-hybridized carbons (Fsp3) is 0.0952. The minimum absolute atomic E-state index is 0.133. The molecular weight excluding hydrogens is 374 g/mol. The van der Waals surface area contributed by atoms with E-state index in [0.717, 1.165) is 5.56 Å². The number of ketones is 1. The highest BCUT2D eigenvalue weighted by Crippen LogP contribution is 2.17. The molecule has 3 rings (SSSR count). The third-order valence-corrected chi connectivity index (χ3v) is 4.55. The van der Waals surface area contributed by atoms with Crippen LogP contribution in [0.5, 0.6) is 0 Å². The molecule has 140 valence electrons. The van der Waals surface area contributed by atoms with Gasteiger partial charge in [-0.2, -0.15) is 4.57 Å². The first-order valence-corrected chi connectivity index (χ1v) is 9.03. The number of nitro benzene ring substituents is 1. The van der Waals surface area contributed by atoms with Crippen LogP contribution in [0.3, 0.4) is 0 Å². The Morgan fingerprint density at radius 3 is 2.39 bits per heavy atom. The fourth-order valence-electron chi connectivity index (χ4n) is 2.79. The standard InChI is InChI=1S/C21H17N3O3S/c25-20(17-10-7-11-18(14-17)24(26)27)19(23-12-5-2-6-13-23)21(28)22-15-16-8-3-1-4-9-16/h1-14,19H,15H2/p+1. The predicted molar refractivity (Wildman–Crippen MR) is 109 cm³/mol. The van der Waals surface area contributed by atoms with Gasteiger partial charge in [0, 0.05) is 36.4 Å². The number of benzene rings is 2. The summed E-state index contributed by atoms with van der Waals surface area (Å²) in [5, 5.41) is 14.2. The number of aromatic nitrogens is 1.